The van der Waals surface area contributed by atoms with Gasteiger partial charge in [-0.15, -0.1) is 0 Å². The van der Waals surface area contributed by atoms with Crippen molar-refractivity contribution in [1.82, 2.24) is 9.62 Å². The molecule has 1 fully saturated rings. The molecule has 0 bridgehead atoms. The van der Waals surface area contributed by atoms with Crippen molar-refractivity contribution in [1.29, 1.82) is 0 Å². The van der Waals surface area contributed by atoms with E-state index in [0.717, 1.165) is 42.5 Å². The van der Waals surface area contributed by atoms with Crippen LogP contribution in [0.25, 0.3) is 0 Å². The highest BCUT2D eigenvalue weighted by atomic mass is 16.3. The first-order valence-electron chi connectivity index (χ1n) is 11.2. The summed E-state index contributed by atoms with van der Waals surface area (Å²) in [7, 11) is 0. The third-order valence-electron chi connectivity index (χ3n) is 5.61. The first kappa shape index (κ1) is 25.8. The maximum Gasteiger partial charge on any atom is 0.385 e. The molecule has 5 heteroatoms. The van der Waals surface area contributed by atoms with Gasteiger partial charge < -0.3 is 14.7 Å². The molecule has 2 rings (SSSR count). The molecule has 0 spiro atoms. The lowest BCUT2D eigenvalue weighted by Gasteiger charge is -2.46. The van der Waals surface area contributed by atoms with E-state index in [9.17, 15) is 5.11 Å². The Morgan fingerprint density at radius 1 is 1.15 bits per heavy atom. The van der Waals surface area contributed by atoms with Crippen molar-refractivity contribution in [2.75, 3.05) is 0 Å². The molecule has 0 atom stereocenters. The summed E-state index contributed by atoms with van der Waals surface area (Å²) < 4.78 is 0. The molecular formula is C28H36BN3O. The lowest BCUT2D eigenvalue weighted by molar-refractivity contribution is 0.434. The van der Waals surface area contributed by atoms with E-state index < -0.39 is 0 Å². The fourth-order valence-electron chi connectivity index (χ4n) is 3.98. The van der Waals surface area contributed by atoms with Gasteiger partial charge in [0.15, 0.2) is 0 Å². The molecule has 0 aromatic carbocycles. The Hall–Kier alpha value is -3.47. The van der Waals surface area contributed by atoms with Crippen LogP contribution in [0.1, 0.15) is 33.1 Å². The van der Waals surface area contributed by atoms with Crippen molar-refractivity contribution < 1.29 is 5.11 Å². The van der Waals surface area contributed by atoms with Gasteiger partial charge in [0.1, 0.15) is 11.6 Å². The summed E-state index contributed by atoms with van der Waals surface area (Å²) in [5.41, 5.74) is 3.28. The van der Waals surface area contributed by atoms with Crippen LogP contribution in [0, 0.1) is 5.41 Å². The fraction of sp³-hybridized carbons (Fsp3) is 0.250. The number of fused-ring (bicyclic) bond motifs is 1. The van der Waals surface area contributed by atoms with E-state index in [1.807, 2.05) is 17.0 Å². The maximum absolute atomic E-state index is 10.1. The summed E-state index contributed by atoms with van der Waals surface area (Å²) in [5.74, 6) is 0.563. The Morgan fingerprint density at radius 2 is 1.85 bits per heavy atom. The Morgan fingerprint density at radius 3 is 2.45 bits per heavy atom. The monoisotopic (exact) mass is 441 g/mol. The Bertz CT molecular complexity index is 991. The minimum absolute atomic E-state index is 0.0732. The van der Waals surface area contributed by atoms with Crippen LogP contribution in [0.3, 0.4) is 0 Å². The number of aliphatic hydroxyl groups is 1. The van der Waals surface area contributed by atoms with Crippen molar-refractivity contribution in [2.24, 2.45) is 10.4 Å². The zero-order chi connectivity index (χ0) is 24.6. The second-order valence-corrected chi connectivity index (χ2v) is 8.80. The molecule has 0 aliphatic carbocycles. The smallest absolute Gasteiger partial charge is 0.385 e. The summed E-state index contributed by atoms with van der Waals surface area (Å²) in [4.78, 5) is 8.70. The van der Waals surface area contributed by atoms with Crippen LogP contribution in [-0.4, -0.2) is 27.5 Å². The first-order valence-corrected chi connectivity index (χ1v) is 11.2. The SMILES string of the molecule is C=C\C=C1C(=C\C(=C)O)/C(=N/C=C)N(C=C)B2CCCCC(=C)/C=C\C(C)(C)/C=C\C(=C)N2/1. The number of allylic oxidation sites excluding steroid dienone is 8. The Balaban J connectivity index is 2.75. The lowest BCUT2D eigenvalue weighted by Crippen LogP contribution is -2.57. The van der Waals surface area contributed by atoms with E-state index in [1.165, 1.54) is 6.20 Å². The number of nitrogens with zero attached hydrogens (tertiary/aromatic N) is 3. The number of aliphatic hydroxyl groups excluding tert-OH is 1. The van der Waals surface area contributed by atoms with E-state index in [2.05, 4.69) is 81.4 Å². The molecule has 0 saturated carbocycles. The molecule has 4 nitrogen and oxygen atoms in total. The molecule has 2 aliphatic heterocycles. The zero-order valence-electron chi connectivity index (χ0n) is 20.1. The van der Waals surface area contributed by atoms with Crippen molar-refractivity contribution in [3.8, 4) is 0 Å². The molecular weight excluding hydrogens is 405 g/mol. The van der Waals surface area contributed by atoms with Gasteiger partial charge in [0, 0.05) is 28.6 Å². The molecule has 0 aromatic heterocycles. The van der Waals surface area contributed by atoms with Crippen LogP contribution in [0.5, 0.6) is 0 Å². The summed E-state index contributed by atoms with van der Waals surface area (Å²) in [6, 6.07) is 0. The van der Waals surface area contributed by atoms with Crippen LogP contribution in [-0.2, 0) is 0 Å². The molecule has 172 valence electrons. The minimum Gasteiger partial charge on any atom is -0.509 e. The summed E-state index contributed by atoms with van der Waals surface area (Å²) in [5, 5.41) is 10.1. The van der Waals surface area contributed by atoms with E-state index in [0.29, 0.717) is 11.4 Å². The predicted molar refractivity (Wildman–Crippen MR) is 144 cm³/mol. The van der Waals surface area contributed by atoms with Gasteiger partial charge in [0.25, 0.3) is 0 Å². The predicted octanol–water partition coefficient (Wildman–Crippen LogP) is 7.24. The van der Waals surface area contributed by atoms with Gasteiger partial charge >= 0.3 is 6.98 Å². The normalized spacial score (nSPS) is 25.0. The van der Waals surface area contributed by atoms with Gasteiger partial charge in [-0.25, -0.2) is 4.99 Å². The van der Waals surface area contributed by atoms with Crippen LogP contribution in [0.4, 0.5) is 0 Å². The van der Waals surface area contributed by atoms with Crippen molar-refractivity contribution in [3.05, 3.63) is 123 Å². The number of hydrogen-bond donors (Lipinski definition) is 1. The van der Waals surface area contributed by atoms with Crippen LogP contribution >= 0.6 is 0 Å². The zero-order valence-corrected chi connectivity index (χ0v) is 20.1. The largest absolute Gasteiger partial charge is 0.509 e. The fourth-order valence-corrected chi connectivity index (χ4v) is 3.98. The molecule has 0 radical (unpaired) electrons. The van der Waals surface area contributed by atoms with Crippen molar-refractivity contribution in [3.63, 3.8) is 0 Å². The van der Waals surface area contributed by atoms with Crippen LogP contribution < -0.4 is 0 Å². The number of rotatable bonds is 4. The Kier molecular flexibility index (Phi) is 8.92. The average Bonchev–Trinajstić information content (AvgIpc) is 2.76. The topological polar surface area (TPSA) is 39.1 Å². The Labute approximate surface area is 200 Å². The molecule has 0 amide bonds. The van der Waals surface area contributed by atoms with Gasteiger partial charge in [-0.2, -0.15) is 0 Å². The van der Waals surface area contributed by atoms with Gasteiger partial charge in [0.05, 0.1) is 0 Å². The molecule has 1 N–H and O–H groups in total. The minimum atomic E-state index is -0.167. The molecule has 0 unspecified atom stereocenters. The summed E-state index contributed by atoms with van der Waals surface area (Å²) in [6.07, 6.45) is 20.7. The van der Waals surface area contributed by atoms with E-state index in [4.69, 9.17) is 0 Å². The van der Waals surface area contributed by atoms with Crippen LogP contribution in [0.2, 0.25) is 6.32 Å². The lowest BCUT2D eigenvalue weighted by atomic mass is 9.62. The standard InChI is InChI=1S/C28H36BN3O/c1-9-14-26-25(21-24(6)33)27(30-10-2)31(11-3)29-20-13-12-15-22(4)16-18-28(7,8)19-17-23(5)32(26)29/h9-11,14,16-19,21,33H,1-6,12-13,15,20H2,7-8H3/b18-16-,19-17-,25-21+,26-14+,30-27-. The summed E-state index contributed by atoms with van der Waals surface area (Å²) >= 11 is 0. The van der Waals surface area contributed by atoms with Crippen molar-refractivity contribution >= 4 is 12.8 Å². The van der Waals surface area contributed by atoms with Crippen LogP contribution in [0.15, 0.2) is 128 Å². The van der Waals surface area contributed by atoms with Gasteiger partial charge in [0.2, 0.25) is 0 Å². The third kappa shape index (κ3) is 6.51. The highest BCUT2D eigenvalue weighted by molar-refractivity contribution is 6.59. The molecule has 1 saturated heterocycles. The van der Waals surface area contributed by atoms with E-state index in [1.54, 1.807) is 18.4 Å². The van der Waals surface area contributed by atoms with Crippen molar-refractivity contribution in [2.45, 2.75) is 39.4 Å². The second-order valence-electron chi connectivity index (χ2n) is 8.80. The van der Waals surface area contributed by atoms with E-state index in [-0.39, 0.29) is 18.2 Å². The maximum atomic E-state index is 10.1. The quantitative estimate of drug-likeness (QED) is 0.369. The molecule has 2 aliphatic rings. The number of aliphatic imine (C=N–C) groups is 1. The third-order valence-corrected chi connectivity index (χ3v) is 5.61. The second kappa shape index (κ2) is 11.4. The number of amidine groups is 1. The molecule has 0 aromatic rings. The van der Waals surface area contributed by atoms with Gasteiger partial charge in [-0.05, 0) is 43.6 Å². The molecule has 33 heavy (non-hydrogen) atoms. The highest BCUT2D eigenvalue weighted by Gasteiger charge is 2.41. The first-order chi connectivity index (χ1) is 15.6. The van der Waals surface area contributed by atoms with Gasteiger partial charge in [-0.3, -0.25) is 0 Å². The highest BCUT2D eigenvalue weighted by Crippen LogP contribution is 2.35. The average molecular weight is 441 g/mol. The van der Waals surface area contributed by atoms with Gasteiger partial charge in [-0.1, -0.05) is 89.6 Å². The number of hydrogen-bond acceptors (Lipinski definition) is 3. The summed E-state index contributed by atoms with van der Waals surface area (Å²) in [6.45, 7) is 28.2. The molecule has 2 heterocycles. The van der Waals surface area contributed by atoms with E-state index >= 15 is 0 Å².